The summed E-state index contributed by atoms with van der Waals surface area (Å²) >= 11 is 0. The standard InChI is InChI=1S/C27H39N.C3H6/c1-7-10-11-16-25-21(5)18-26(24-15-12-14-20(4)17-24)22(6)27(25)28-19-23(9-3)13-8-2;1-3-2/h8-9,13,17-18,24,28H,5-7,10-12,14-16,19H2,1-4H3;3H,1H2,2H3/b13-8-,23-9+;. The zero-order chi connectivity index (χ0) is 23.2. The van der Waals surface area contributed by atoms with Crippen molar-refractivity contribution in [2.75, 3.05) is 11.9 Å². The van der Waals surface area contributed by atoms with Crippen molar-refractivity contribution in [1.82, 2.24) is 0 Å². The third kappa shape index (κ3) is 8.40. The van der Waals surface area contributed by atoms with Crippen molar-refractivity contribution in [3.63, 3.8) is 0 Å². The van der Waals surface area contributed by atoms with E-state index in [4.69, 9.17) is 0 Å². The lowest BCUT2D eigenvalue weighted by molar-refractivity contribution is 0.630. The second-order valence-corrected chi connectivity index (χ2v) is 8.55. The third-order valence-electron chi connectivity index (χ3n) is 5.89. The van der Waals surface area contributed by atoms with Gasteiger partial charge in [0.25, 0.3) is 0 Å². The molecule has 0 saturated heterocycles. The predicted octanol–water partition coefficient (Wildman–Crippen LogP) is 7.58. The molecule has 2 rings (SSSR count). The summed E-state index contributed by atoms with van der Waals surface area (Å²) in [4.78, 5) is 0. The van der Waals surface area contributed by atoms with Gasteiger partial charge >= 0.3 is 0 Å². The maximum absolute atomic E-state index is 4.54. The number of hydrogen-bond acceptors (Lipinski definition) is 1. The molecule has 0 bridgehead atoms. The molecular weight excluding hydrogens is 374 g/mol. The topological polar surface area (TPSA) is 12.0 Å². The van der Waals surface area contributed by atoms with E-state index in [2.05, 4.69) is 83.1 Å². The van der Waals surface area contributed by atoms with Gasteiger partial charge in [-0.15, -0.1) is 6.58 Å². The Kier molecular flexibility index (Phi) is 12.7. The molecule has 0 fully saturated rings. The van der Waals surface area contributed by atoms with Gasteiger partial charge in [0.2, 0.25) is 0 Å². The SMILES string of the molecule is C=CC.C=c1cc(C2C=C(C)CCC2)c(=C)c(NCC(/C=C\C)=C/C)c1CCCCC. The number of rotatable bonds is 9. The molecule has 1 aromatic rings. The summed E-state index contributed by atoms with van der Waals surface area (Å²) in [5.74, 6) is 0.476. The van der Waals surface area contributed by atoms with Crippen LogP contribution in [-0.2, 0) is 6.42 Å². The maximum Gasteiger partial charge on any atom is 0.0451 e. The highest BCUT2D eigenvalue weighted by Gasteiger charge is 2.18. The third-order valence-corrected chi connectivity index (χ3v) is 5.89. The Morgan fingerprint density at radius 3 is 2.48 bits per heavy atom. The summed E-state index contributed by atoms with van der Waals surface area (Å²) in [6.07, 6.45) is 19.1. The van der Waals surface area contributed by atoms with E-state index in [1.807, 2.05) is 6.92 Å². The number of unbranched alkanes of at least 4 members (excludes halogenated alkanes) is 2. The largest absolute Gasteiger partial charge is 0.380 e. The Bertz CT molecular complexity index is 882. The average molecular weight is 420 g/mol. The van der Waals surface area contributed by atoms with Gasteiger partial charge in [0, 0.05) is 18.2 Å². The molecule has 1 aliphatic carbocycles. The molecule has 1 N–H and O–H groups in total. The molecule has 1 nitrogen and oxygen atoms in total. The van der Waals surface area contributed by atoms with Gasteiger partial charge in [0.15, 0.2) is 0 Å². The lowest BCUT2D eigenvalue weighted by Gasteiger charge is -2.23. The van der Waals surface area contributed by atoms with Crippen LogP contribution in [0.25, 0.3) is 13.2 Å². The number of hydrogen-bond donors (Lipinski definition) is 1. The number of nitrogens with one attached hydrogen (secondary N) is 1. The Labute approximate surface area is 192 Å². The molecule has 0 aromatic heterocycles. The molecule has 0 heterocycles. The molecule has 1 atom stereocenters. The normalized spacial score (nSPS) is 16.5. The lowest BCUT2D eigenvalue weighted by atomic mass is 9.84. The fraction of sp³-hybridized carbons (Fsp3) is 0.467. The fourth-order valence-electron chi connectivity index (χ4n) is 4.25. The molecule has 1 heteroatoms. The minimum absolute atomic E-state index is 0.476. The van der Waals surface area contributed by atoms with Crippen LogP contribution in [0.2, 0.25) is 0 Å². The summed E-state index contributed by atoms with van der Waals surface area (Å²) in [5.41, 5.74) is 6.74. The van der Waals surface area contributed by atoms with Crippen LogP contribution in [0.1, 0.15) is 90.2 Å². The van der Waals surface area contributed by atoms with Crippen molar-refractivity contribution in [2.24, 2.45) is 0 Å². The van der Waals surface area contributed by atoms with Gasteiger partial charge in [-0.2, -0.15) is 0 Å². The van der Waals surface area contributed by atoms with Gasteiger partial charge in [-0.25, -0.2) is 0 Å². The number of benzene rings is 1. The van der Waals surface area contributed by atoms with Crippen molar-refractivity contribution < 1.29 is 0 Å². The van der Waals surface area contributed by atoms with Gasteiger partial charge in [-0.05, 0) is 86.9 Å². The number of allylic oxidation sites excluding steroid dienone is 5. The van der Waals surface area contributed by atoms with E-state index in [1.165, 1.54) is 76.9 Å². The molecule has 0 saturated carbocycles. The highest BCUT2D eigenvalue weighted by atomic mass is 14.9. The molecule has 0 spiro atoms. The van der Waals surface area contributed by atoms with Crippen molar-refractivity contribution in [3.05, 3.63) is 75.7 Å². The first-order valence-corrected chi connectivity index (χ1v) is 12.0. The molecule has 31 heavy (non-hydrogen) atoms. The number of anilines is 1. The van der Waals surface area contributed by atoms with Crippen LogP contribution in [0.5, 0.6) is 0 Å². The van der Waals surface area contributed by atoms with E-state index in [0.29, 0.717) is 5.92 Å². The Balaban J connectivity index is 0.00000151. The smallest absolute Gasteiger partial charge is 0.0451 e. The maximum atomic E-state index is 4.54. The van der Waals surface area contributed by atoms with Crippen LogP contribution in [-0.4, -0.2) is 6.54 Å². The van der Waals surface area contributed by atoms with Gasteiger partial charge in [-0.3, -0.25) is 0 Å². The van der Waals surface area contributed by atoms with E-state index < -0.39 is 0 Å². The second-order valence-electron chi connectivity index (χ2n) is 8.55. The highest BCUT2D eigenvalue weighted by Crippen LogP contribution is 2.30. The van der Waals surface area contributed by atoms with Gasteiger partial charge in [0.05, 0.1) is 0 Å². The zero-order valence-electron chi connectivity index (χ0n) is 20.8. The van der Waals surface area contributed by atoms with E-state index in [-0.39, 0.29) is 0 Å². The van der Waals surface area contributed by atoms with E-state index >= 15 is 0 Å². The van der Waals surface area contributed by atoms with Crippen LogP contribution in [0.4, 0.5) is 5.69 Å². The van der Waals surface area contributed by atoms with E-state index in [9.17, 15) is 0 Å². The molecule has 1 unspecified atom stereocenters. The first kappa shape index (κ1) is 26.8. The molecule has 0 radical (unpaired) electrons. The molecule has 170 valence electrons. The first-order chi connectivity index (χ1) is 14.9. The quantitative estimate of drug-likeness (QED) is 0.247. The summed E-state index contributed by atoms with van der Waals surface area (Å²) < 4.78 is 0. The molecular formula is C30H45N. The Morgan fingerprint density at radius 1 is 1.19 bits per heavy atom. The van der Waals surface area contributed by atoms with Crippen molar-refractivity contribution in [2.45, 2.75) is 85.5 Å². The molecule has 0 aliphatic heterocycles. The van der Waals surface area contributed by atoms with Crippen LogP contribution < -0.4 is 15.8 Å². The van der Waals surface area contributed by atoms with Gasteiger partial charge < -0.3 is 5.32 Å². The summed E-state index contributed by atoms with van der Waals surface area (Å²) in [6, 6.07) is 2.32. The van der Waals surface area contributed by atoms with E-state index in [0.717, 1.165) is 13.0 Å². The molecule has 0 amide bonds. The van der Waals surface area contributed by atoms with Gasteiger partial charge in [0.1, 0.15) is 0 Å². The summed E-state index contributed by atoms with van der Waals surface area (Å²) in [6.45, 7) is 23.7. The Hall–Kier alpha value is -2.28. The first-order valence-electron chi connectivity index (χ1n) is 12.0. The van der Waals surface area contributed by atoms with Crippen LogP contribution in [0.15, 0.2) is 54.2 Å². The highest BCUT2D eigenvalue weighted by molar-refractivity contribution is 5.59. The van der Waals surface area contributed by atoms with Crippen LogP contribution >= 0.6 is 0 Å². The predicted molar refractivity (Wildman–Crippen MR) is 143 cm³/mol. The van der Waals surface area contributed by atoms with Crippen molar-refractivity contribution in [3.8, 4) is 0 Å². The molecule has 1 aliphatic rings. The molecule has 1 aromatic carbocycles. The Morgan fingerprint density at radius 2 is 1.90 bits per heavy atom. The monoisotopic (exact) mass is 419 g/mol. The lowest BCUT2D eigenvalue weighted by Crippen LogP contribution is -2.27. The fourth-order valence-corrected chi connectivity index (χ4v) is 4.25. The van der Waals surface area contributed by atoms with E-state index in [1.54, 1.807) is 6.08 Å². The van der Waals surface area contributed by atoms with Crippen molar-refractivity contribution >= 4 is 18.8 Å². The van der Waals surface area contributed by atoms with Crippen LogP contribution in [0.3, 0.4) is 0 Å². The van der Waals surface area contributed by atoms with Crippen LogP contribution in [0, 0.1) is 0 Å². The van der Waals surface area contributed by atoms with Crippen molar-refractivity contribution in [1.29, 1.82) is 0 Å². The summed E-state index contributed by atoms with van der Waals surface area (Å²) in [7, 11) is 0. The minimum Gasteiger partial charge on any atom is -0.380 e. The summed E-state index contributed by atoms with van der Waals surface area (Å²) in [5, 5.41) is 6.08. The zero-order valence-corrected chi connectivity index (χ0v) is 20.8. The van der Waals surface area contributed by atoms with Gasteiger partial charge in [-0.1, -0.05) is 74.9 Å². The average Bonchev–Trinajstić information content (AvgIpc) is 2.75. The minimum atomic E-state index is 0.476. The second kappa shape index (κ2) is 14.7.